The standard InChI is InChI=1S/C16H26N2/c1-3-11-18(14-9-10-14)16(12-17)15-8-6-5-7-13(15)4-2/h5-8,14,16H,3-4,9-12,17H2,1-2H3. The van der Waals surface area contributed by atoms with Crippen molar-refractivity contribution in [2.24, 2.45) is 5.73 Å². The summed E-state index contributed by atoms with van der Waals surface area (Å²) in [5.41, 5.74) is 8.98. The molecule has 2 rings (SSSR count). The number of hydrogen-bond donors (Lipinski definition) is 1. The second kappa shape index (κ2) is 6.35. The van der Waals surface area contributed by atoms with Crippen LogP contribution in [-0.4, -0.2) is 24.0 Å². The Labute approximate surface area is 111 Å². The average Bonchev–Trinajstić information content (AvgIpc) is 3.23. The summed E-state index contributed by atoms with van der Waals surface area (Å²) in [5.74, 6) is 0. The second-order valence-corrected chi connectivity index (χ2v) is 5.27. The van der Waals surface area contributed by atoms with E-state index in [9.17, 15) is 0 Å². The summed E-state index contributed by atoms with van der Waals surface area (Å²) in [6.07, 6.45) is 5.01. The molecule has 2 nitrogen and oxygen atoms in total. The van der Waals surface area contributed by atoms with Gasteiger partial charge in [-0.25, -0.2) is 0 Å². The molecule has 1 aromatic carbocycles. The molecule has 0 heterocycles. The maximum atomic E-state index is 6.08. The van der Waals surface area contributed by atoms with Gasteiger partial charge < -0.3 is 5.73 Å². The van der Waals surface area contributed by atoms with Crippen molar-refractivity contribution in [2.75, 3.05) is 13.1 Å². The van der Waals surface area contributed by atoms with Crippen LogP contribution in [0.4, 0.5) is 0 Å². The van der Waals surface area contributed by atoms with E-state index in [2.05, 4.69) is 43.0 Å². The number of nitrogens with two attached hydrogens (primary N) is 1. The van der Waals surface area contributed by atoms with Crippen molar-refractivity contribution in [3.63, 3.8) is 0 Å². The summed E-state index contributed by atoms with van der Waals surface area (Å²) in [4.78, 5) is 2.63. The first kappa shape index (κ1) is 13.6. The molecule has 0 spiro atoms. The smallest absolute Gasteiger partial charge is 0.0476 e. The Morgan fingerprint density at radius 2 is 2.00 bits per heavy atom. The van der Waals surface area contributed by atoms with E-state index in [4.69, 9.17) is 5.73 Å². The van der Waals surface area contributed by atoms with Gasteiger partial charge in [0.2, 0.25) is 0 Å². The molecule has 0 aromatic heterocycles. The third-order valence-corrected chi connectivity index (χ3v) is 3.92. The molecule has 100 valence electrons. The highest BCUT2D eigenvalue weighted by atomic mass is 15.2. The van der Waals surface area contributed by atoms with Crippen LogP contribution in [0.3, 0.4) is 0 Å². The van der Waals surface area contributed by atoms with Crippen molar-refractivity contribution in [3.05, 3.63) is 35.4 Å². The summed E-state index contributed by atoms with van der Waals surface area (Å²) in [7, 11) is 0. The maximum Gasteiger partial charge on any atom is 0.0476 e. The van der Waals surface area contributed by atoms with E-state index in [-0.39, 0.29) is 0 Å². The summed E-state index contributed by atoms with van der Waals surface area (Å²) in [6, 6.07) is 9.99. The zero-order valence-corrected chi connectivity index (χ0v) is 11.7. The predicted octanol–water partition coefficient (Wildman–Crippen LogP) is 3.12. The molecular formula is C16H26N2. The van der Waals surface area contributed by atoms with Gasteiger partial charge in [0.1, 0.15) is 0 Å². The van der Waals surface area contributed by atoms with Gasteiger partial charge in [-0.3, -0.25) is 4.90 Å². The van der Waals surface area contributed by atoms with Gasteiger partial charge in [-0.2, -0.15) is 0 Å². The summed E-state index contributed by atoms with van der Waals surface area (Å²) in [5, 5.41) is 0. The molecule has 1 aliphatic carbocycles. The molecule has 0 amide bonds. The van der Waals surface area contributed by atoms with Crippen molar-refractivity contribution in [3.8, 4) is 0 Å². The van der Waals surface area contributed by atoms with E-state index in [1.165, 1.54) is 36.9 Å². The summed E-state index contributed by atoms with van der Waals surface area (Å²) in [6.45, 7) is 6.39. The highest BCUT2D eigenvalue weighted by molar-refractivity contribution is 5.30. The minimum absolute atomic E-state index is 0.411. The first-order chi connectivity index (χ1) is 8.81. The molecule has 18 heavy (non-hydrogen) atoms. The number of aryl methyl sites for hydroxylation is 1. The lowest BCUT2D eigenvalue weighted by Crippen LogP contribution is -2.36. The molecule has 2 N–H and O–H groups in total. The molecule has 0 aliphatic heterocycles. The molecule has 0 radical (unpaired) electrons. The van der Waals surface area contributed by atoms with Crippen molar-refractivity contribution < 1.29 is 0 Å². The van der Waals surface area contributed by atoms with E-state index in [0.717, 1.165) is 19.0 Å². The van der Waals surface area contributed by atoms with Gasteiger partial charge in [0.15, 0.2) is 0 Å². The Kier molecular flexibility index (Phi) is 4.79. The third-order valence-electron chi connectivity index (χ3n) is 3.92. The highest BCUT2D eigenvalue weighted by Gasteiger charge is 2.33. The molecule has 2 heteroatoms. The third kappa shape index (κ3) is 2.93. The van der Waals surface area contributed by atoms with Gasteiger partial charge in [0, 0.05) is 18.6 Å². The molecule has 1 atom stereocenters. The number of hydrogen-bond acceptors (Lipinski definition) is 2. The van der Waals surface area contributed by atoms with Crippen LogP contribution in [-0.2, 0) is 6.42 Å². The fourth-order valence-electron chi connectivity index (χ4n) is 2.88. The zero-order chi connectivity index (χ0) is 13.0. The fourth-order valence-corrected chi connectivity index (χ4v) is 2.88. The summed E-state index contributed by atoms with van der Waals surface area (Å²) < 4.78 is 0. The van der Waals surface area contributed by atoms with Crippen LogP contribution < -0.4 is 5.73 Å². The van der Waals surface area contributed by atoms with Crippen molar-refractivity contribution in [1.29, 1.82) is 0 Å². The van der Waals surface area contributed by atoms with Gasteiger partial charge in [-0.15, -0.1) is 0 Å². The van der Waals surface area contributed by atoms with Gasteiger partial charge in [0.25, 0.3) is 0 Å². The van der Waals surface area contributed by atoms with Crippen LogP contribution in [0.15, 0.2) is 24.3 Å². The molecule has 1 unspecified atom stereocenters. The van der Waals surface area contributed by atoms with E-state index in [0.29, 0.717) is 6.04 Å². The van der Waals surface area contributed by atoms with Crippen LogP contribution >= 0.6 is 0 Å². The van der Waals surface area contributed by atoms with Crippen LogP contribution in [0.2, 0.25) is 0 Å². The maximum absolute atomic E-state index is 6.08. The van der Waals surface area contributed by atoms with Crippen LogP contribution in [0.1, 0.15) is 50.3 Å². The van der Waals surface area contributed by atoms with E-state index < -0.39 is 0 Å². The Balaban J connectivity index is 2.24. The Morgan fingerprint density at radius 1 is 1.28 bits per heavy atom. The monoisotopic (exact) mass is 246 g/mol. The average molecular weight is 246 g/mol. The van der Waals surface area contributed by atoms with E-state index in [1.807, 2.05) is 0 Å². The molecule has 0 saturated heterocycles. The number of nitrogens with zero attached hydrogens (tertiary/aromatic N) is 1. The van der Waals surface area contributed by atoms with E-state index in [1.54, 1.807) is 0 Å². The topological polar surface area (TPSA) is 29.3 Å². The second-order valence-electron chi connectivity index (χ2n) is 5.27. The minimum Gasteiger partial charge on any atom is -0.329 e. The largest absolute Gasteiger partial charge is 0.329 e. The van der Waals surface area contributed by atoms with Gasteiger partial charge in [-0.05, 0) is 43.4 Å². The lowest BCUT2D eigenvalue weighted by Gasteiger charge is -2.32. The zero-order valence-electron chi connectivity index (χ0n) is 11.7. The highest BCUT2D eigenvalue weighted by Crippen LogP contribution is 2.35. The molecule has 1 aliphatic rings. The normalized spacial score (nSPS) is 17.1. The van der Waals surface area contributed by atoms with Crippen LogP contribution in [0, 0.1) is 0 Å². The quantitative estimate of drug-likeness (QED) is 0.801. The lowest BCUT2D eigenvalue weighted by molar-refractivity contribution is 0.190. The van der Waals surface area contributed by atoms with Gasteiger partial charge >= 0.3 is 0 Å². The molecular weight excluding hydrogens is 220 g/mol. The lowest BCUT2D eigenvalue weighted by atomic mass is 9.97. The Hall–Kier alpha value is -0.860. The first-order valence-electron chi connectivity index (χ1n) is 7.35. The molecule has 0 bridgehead atoms. The summed E-state index contributed by atoms with van der Waals surface area (Å²) >= 11 is 0. The van der Waals surface area contributed by atoms with E-state index >= 15 is 0 Å². The molecule has 1 aromatic rings. The van der Waals surface area contributed by atoms with Crippen LogP contribution in [0.5, 0.6) is 0 Å². The predicted molar refractivity (Wildman–Crippen MR) is 77.6 cm³/mol. The minimum atomic E-state index is 0.411. The Bertz CT molecular complexity index is 371. The Morgan fingerprint density at radius 3 is 2.56 bits per heavy atom. The SMILES string of the molecule is CCCN(C1CC1)C(CN)c1ccccc1CC. The van der Waals surface area contributed by atoms with Crippen molar-refractivity contribution >= 4 is 0 Å². The number of benzene rings is 1. The van der Waals surface area contributed by atoms with Gasteiger partial charge in [0.05, 0.1) is 0 Å². The molecule has 1 fully saturated rings. The van der Waals surface area contributed by atoms with Gasteiger partial charge in [-0.1, -0.05) is 38.1 Å². The first-order valence-corrected chi connectivity index (χ1v) is 7.35. The van der Waals surface area contributed by atoms with Crippen molar-refractivity contribution in [1.82, 2.24) is 4.90 Å². The van der Waals surface area contributed by atoms with Crippen molar-refractivity contribution in [2.45, 2.75) is 51.6 Å². The number of rotatable bonds is 7. The molecule has 1 saturated carbocycles. The van der Waals surface area contributed by atoms with Crippen LogP contribution in [0.25, 0.3) is 0 Å². The fraction of sp³-hybridized carbons (Fsp3) is 0.625.